The van der Waals surface area contributed by atoms with Crippen molar-refractivity contribution in [1.29, 1.82) is 0 Å². The molecule has 0 aliphatic rings. The van der Waals surface area contributed by atoms with Crippen molar-refractivity contribution in [2.24, 2.45) is 0 Å². The summed E-state index contributed by atoms with van der Waals surface area (Å²) in [6, 6.07) is 7.11. The fraction of sp³-hybridized carbons (Fsp3) is 0.455. The van der Waals surface area contributed by atoms with Crippen molar-refractivity contribution < 1.29 is 9.09 Å². The number of rotatable bonds is 5. The Hall–Kier alpha value is -0.790. The summed E-state index contributed by atoms with van der Waals surface area (Å²) >= 11 is 0. The zero-order valence-corrected chi connectivity index (χ0v) is 10.2. The molecule has 0 unspecified atom stereocenters. The highest BCUT2D eigenvalue weighted by Gasteiger charge is 2.23. The van der Waals surface area contributed by atoms with Crippen LogP contribution in [-0.2, 0) is 9.09 Å². The van der Waals surface area contributed by atoms with Crippen LogP contribution < -0.4 is 11.0 Å². The maximum absolute atomic E-state index is 12.5. The first-order valence-electron chi connectivity index (χ1n) is 5.22. The largest absolute Gasteiger partial charge is 0.399 e. The summed E-state index contributed by atoms with van der Waals surface area (Å²) in [4.78, 5) is 0. The minimum absolute atomic E-state index is 0.474. The van der Waals surface area contributed by atoms with Crippen molar-refractivity contribution in [1.82, 2.24) is 0 Å². The number of nitrogens with two attached hydrogens (primary N) is 1. The van der Waals surface area contributed by atoms with Crippen LogP contribution in [0, 0.1) is 0 Å². The van der Waals surface area contributed by atoms with Crippen LogP contribution in [-0.4, -0.2) is 12.8 Å². The van der Waals surface area contributed by atoms with Crippen LogP contribution in [0.1, 0.15) is 20.3 Å². The molecule has 4 heteroatoms. The van der Waals surface area contributed by atoms with Gasteiger partial charge in [0.2, 0.25) is 7.37 Å². The van der Waals surface area contributed by atoms with Crippen LogP contribution in [0.15, 0.2) is 24.3 Å². The third kappa shape index (κ3) is 3.08. The first kappa shape index (κ1) is 12.3. The molecule has 0 fully saturated rings. The molecule has 0 spiro atoms. The lowest BCUT2D eigenvalue weighted by Gasteiger charge is -2.17. The summed E-state index contributed by atoms with van der Waals surface area (Å²) in [7, 11) is -2.65. The van der Waals surface area contributed by atoms with E-state index in [1.54, 1.807) is 24.3 Å². The Morgan fingerprint density at radius 3 is 2.33 bits per heavy atom. The number of nitrogen functional groups attached to an aromatic ring is 1. The third-order valence-corrected chi connectivity index (χ3v) is 4.94. The van der Waals surface area contributed by atoms with Gasteiger partial charge in [-0.25, -0.2) is 0 Å². The van der Waals surface area contributed by atoms with Gasteiger partial charge in [-0.1, -0.05) is 6.92 Å². The molecule has 0 saturated carbocycles. The normalized spacial score (nSPS) is 14.8. The van der Waals surface area contributed by atoms with Crippen LogP contribution >= 0.6 is 7.37 Å². The molecule has 0 amide bonds. The van der Waals surface area contributed by atoms with E-state index < -0.39 is 7.37 Å². The van der Waals surface area contributed by atoms with Crippen molar-refractivity contribution in [3.63, 3.8) is 0 Å². The van der Waals surface area contributed by atoms with Gasteiger partial charge < -0.3 is 10.3 Å². The summed E-state index contributed by atoms with van der Waals surface area (Å²) in [5.74, 6) is 0. The molecule has 1 atom stereocenters. The average molecular weight is 227 g/mol. The van der Waals surface area contributed by atoms with E-state index in [0.717, 1.165) is 11.7 Å². The molecule has 84 valence electrons. The molecule has 0 saturated heterocycles. The van der Waals surface area contributed by atoms with Gasteiger partial charge in [-0.2, -0.15) is 0 Å². The van der Waals surface area contributed by atoms with E-state index in [9.17, 15) is 4.57 Å². The highest BCUT2D eigenvalue weighted by atomic mass is 31.2. The van der Waals surface area contributed by atoms with Crippen LogP contribution in [0.5, 0.6) is 0 Å². The van der Waals surface area contributed by atoms with Crippen molar-refractivity contribution in [3.8, 4) is 0 Å². The van der Waals surface area contributed by atoms with Gasteiger partial charge in [-0.3, -0.25) is 4.57 Å². The second-order valence-corrected chi connectivity index (χ2v) is 5.97. The van der Waals surface area contributed by atoms with Gasteiger partial charge in [-0.15, -0.1) is 0 Å². The Morgan fingerprint density at radius 1 is 1.27 bits per heavy atom. The van der Waals surface area contributed by atoms with Crippen LogP contribution in [0.2, 0.25) is 0 Å². The Bertz CT molecular complexity index is 338. The predicted octanol–water partition coefficient (Wildman–Crippen LogP) is 2.62. The second kappa shape index (κ2) is 5.34. The van der Waals surface area contributed by atoms with E-state index in [-0.39, 0.29) is 0 Å². The lowest BCUT2D eigenvalue weighted by Crippen LogP contribution is -2.10. The number of hydrogen-bond donors (Lipinski definition) is 1. The Kier molecular flexibility index (Phi) is 4.37. The fourth-order valence-corrected chi connectivity index (χ4v) is 3.62. The lowest BCUT2D eigenvalue weighted by atomic mass is 10.3. The standard InChI is InChI=1S/C11H18NO2P/c1-3-9-15(13,14-4-2)11-7-5-10(12)6-8-11/h5-8H,3-4,9,12H2,1-2H3/t15-/m1/s1. The Balaban J connectivity index is 2.98. The van der Waals surface area contributed by atoms with Gasteiger partial charge >= 0.3 is 0 Å². The molecular formula is C11H18NO2P. The van der Waals surface area contributed by atoms with E-state index >= 15 is 0 Å². The van der Waals surface area contributed by atoms with Crippen LogP contribution in [0.3, 0.4) is 0 Å². The summed E-state index contributed by atoms with van der Waals surface area (Å²) < 4.78 is 17.9. The van der Waals surface area contributed by atoms with Crippen molar-refractivity contribution >= 4 is 18.4 Å². The monoisotopic (exact) mass is 227 g/mol. The SMILES string of the molecule is CCC[P@@](=O)(OCC)c1ccc(N)cc1. The zero-order valence-electron chi connectivity index (χ0n) is 9.27. The fourth-order valence-electron chi connectivity index (χ4n) is 1.47. The smallest absolute Gasteiger partial charge is 0.232 e. The molecule has 15 heavy (non-hydrogen) atoms. The molecule has 1 aromatic rings. The van der Waals surface area contributed by atoms with Gasteiger partial charge in [0.15, 0.2) is 0 Å². The van der Waals surface area contributed by atoms with Gasteiger partial charge in [0.1, 0.15) is 0 Å². The van der Waals surface area contributed by atoms with E-state index in [4.69, 9.17) is 10.3 Å². The minimum Gasteiger partial charge on any atom is -0.399 e. The topological polar surface area (TPSA) is 52.3 Å². The molecule has 0 aromatic heterocycles. The van der Waals surface area contributed by atoms with E-state index in [0.29, 0.717) is 18.5 Å². The van der Waals surface area contributed by atoms with Crippen LogP contribution in [0.4, 0.5) is 5.69 Å². The van der Waals surface area contributed by atoms with E-state index in [2.05, 4.69) is 0 Å². The maximum Gasteiger partial charge on any atom is 0.232 e. The highest BCUT2D eigenvalue weighted by molar-refractivity contribution is 7.67. The third-order valence-electron chi connectivity index (χ3n) is 2.14. The first-order chi connectivity index (χ1) is 7.12. The molecular weight excluding hydrogens is 209 g/mol. The molecule has 1 aromatic carbocycles. The summed E-state index contributed by atoms with van der Waals surface area (Å²) in [5, 5.41) is 0.764. The summed E-state index contributed by atoms with van der Waals surface area (Å²) in [5.41, 5.74) is 6.27. The molecule has 3 nitrogen and oxygen atoms in total. The summed E-state index contributed by atoms with van der Waals surface area (Å²) in [6.07, 6.45) is 1.44. The van der Waals surface area contributed by atoms with E-state index in [1.807, 2.05) is 13.8 Å². The van der Waals surface area contributed by atoms with Gasteiger partial charge in [-0.05, 0) is 37.6 Å². The molecule has 0 aliphatic carbocycles. The lowest BCUT2D eigenvalue weighted by molar-refractivity contribution is 0.340. The van der Waals surface area contributed by atoms with E-state index in [1.165, 1.54) is 0 Å². The Morgan fingerprint density at radius 2 is 1.87 bits per heavy atom. The van der Waals surface area contributed by atoms with Gasteiger partial charge in [0.05, 0.1) is 6.61 Å². The Labute approximate surface area is 91.1 Å². The molecule has 2 N–H and O–H groups in total. The van der Waals surface area contributed by atoms with Crippen molar-refractivity contribution in [2.45, 2.75) is 20.3 Å². The number of benzene rings is 1. The average Bonchev–Trinajstić information content (AvgIpc) is 2.19. The minimum atomic E-state index is -2.65. The molecule has 1 rings (SSSR count). The van der Waals surface area contributed by atoms with Gasteiger partial charge in [0.25, 0.3) is 0 Å². The molecule has 0 aliphatic heterocycles. The summed E-state index contributed by atoms with van der Waals surface area (Å²) in [6.45, 7) is 4.34. The molecule has 0 radical (unpaired) electrons. The molecule has 0 bridgehead atoms. The number of anilines is 1. The maximum atomic E-state index is 12.5. The van der Waals surface area contributed by atoms with Crippen molar-refractivity contribution in [3.05, 3.63) is 24.3 Å². The van der Waals surface area contributed by atoms with Crippen LogP contribution in [0.25, 0.3) is 0 Å². The van der Waals surface area contributed by atoms with Gasteiger partial charge in [0, 0.05) is 17.2 Å². The zero-order chi connectivity index (χ0) is 11.3. The molecule has 0 heterocycles. The van der Waals surface area contributed by atoms with Crippen molar-refractivity contribution in [2.75, 3.05) is 18.5 Å². The second-order valence-electron chi connectivity index (χ2n) is 3.41. The highest BCUT2D eigenvalue weighted by Crippen LogP contribution is 2.46. The number of hydrogen-bond acceptors (Lipinski definition) is 3. The quantitative estimate of drug-likeness (QED) is 0.621. The first-order valence-corrected chi connectivity index (χ1v) is 7.03. The predicted molar refractivity (Wildman–Crippen MR) is 64.9 cm³/mol.